The lowest BCUT2D eigenvalue weighted by Gasteiger charge is -2.19. The van der Waals surface area contributed by atoms with Crippen LogP contribution in [0.5, 0.6) is 0 Å². The molecule has 1 aliphatic heterocycles. The van der Waals surface area contributed by atoms with Gasteiger partial charge < -0.3 is 10.4 Å². The van der Waals surface area contributed by atoms with Crippen LogP contribution in [0.4, 0.5) is 0 Å². The fourth-order valence-electron chi connectivity index (χ4n) is 2.40. The van der Waals surface area contributed by atoms with E-state index >= 15 is 0 Å². The minimum absolute atomic E-state index is 0. The Labute approximate surface area is 113 Å². The third kappa shape index (κ3) is 4.32. The number of carbonyl (C=O) groups is 1. The largest absolute Gasteiger partial charge is 0.391 e. The second-order valence-corrected chi connectivity index (χ2v) is 5.66. The number of aliphatic hydroxyl groups is 1. The molecule has 0 bridgehead atoms. The number of thioether (sulfide) groups is 1. The van der Waals surface area contributed by atoms with Crippen LogP contribution in [0.25, 0.3) is 0 Å². The number of hydrogen-bond acceptors (Lipinski definition) is 4. The predicted octanol–water partition coefficient (Wildman–Crippen LogP) is 0.738. The molecule has 0 spiro atoms. The fraction of sp³-hybridized carbons (Fsp3) is 0.909. The van der Waals surface area contributed by atoms with Gasteiger partial charge >= 0.3 is 0 Å². The summed E-state index contributed by atoms with van der Waals surface area (Å²) in [5, 5.41) is 15.9. The summed E-state index contributed by atoms with van der Waals surface area (Å²) in [7, 11) is 0. The van der Waals surface area contributed by atoms with Gasteiger partial charge in [0.15, 0.2) is 0 Å². The number of rotatable bonds is 4. The van der Waals surface area contributed by atoms with Crippen LogP contribution in [-0.2, 0) is 4.79 Å². The Balaban J connectivity index is 0.00000144. The molecule has 100 valence electrons. The molecule has 4 nitrogen and oxygen atoms in total. The number of amides is 1. The summed E-state index contributed by atoms with van der Waals surface area (Å²) in [6.07, 6.45) is 4.29. The highest BCUT2D eigenvalue weighted by Crippen LogP contribution is 2.27. The molecule has 1 saturated carbocycles. The lowest BCUT2D eigenvalue weighted by molar-refractivity contribution is -0.123. The van der Waals surface area contributed by atoms with Crippen LogP contribution in [0, 0.1) is 5.92 Å². The van der Waals surface area contributed by atoms with E-state index in [4.69, 9.17) is 0 Å². The molecule has 0 radical (unpaired) electrons. The SMILES string of the molecule is Cl.O=C(NCC(O)C1CCCC1)C1CSCN1. The maximum absolute atomic E-state index is 11.7. The van der Waals surface area contributed by atoms with Crippen LogP contribution in [-0.4, -0.2) is 41.3 Å². The van der Waals surface area contributed by atoms with Gasteiger partial charge in [0.25, 0.3) is 0 Å². The molecule has 2 atom stereocenters. The normalized spacial score (nSPS) is 26.5. The minimum Gasteiger partial charge on any atom is -0.391 e. The Bertz CT molecular complexity index is 244. The Kier molecular flexibility index (Phi) is 6.62. The molecule has 17 heavy (non-hydrogen) atoms. The Hall–Kier alpha value is 0.0300. The third-order valence-corrected chi connectivity index (χ3v) is 4.40. The Morgan fingerprint density at radius 3 is 2.76 bits per heavy atom. The van der Waals surface area contributed by atoms with Gasteiger partial charge in [-0.05, 0) is 18.8 Å². The van der Waals surface area contributed by atoms with Gasteiger partial charge in [0.1, 0.15) is 0 Å². The Morgan fingerprint density at radius 1 is 1.47 bits per heavy atom. The van der Waals surface area contributed by atoms with E-state index in [-0.39, 0.29) is 30.5 Å². The van der Waals surface area contributed by atoms with Crippen molar-refractivity contribution >= 4 is 30.1 Å². The maximum atomic E-state index is 11.7. The molecule has 1 amide bonds. The summed E-state index contributed by atoms with van der Waals surface area (Å²) in [4.78, 5) is 11.7. The average molecular weight is 281 g/mol. The first-order valence-electron chi connectivity index (χ1n) is 6.04. The molecule has 1 saturated heterocycles. The molecule has 1 heterocycles. The van der Waals surface area contributed by atoms with Gasteiger partial charge in [-0.3, -0.25) is 10.1 Å². The molecule has 1 aliphatic carbocycles. The molecule has 6 heteroatoms. The van der Waals surface area contributed by atoms with E-state index in [0.29, 0.717) is 12.5 Å². The zero-order valence-corrected chi connectivity index (χ0v) is 11.5. The molecule has 0 aromatic heterocycles. The van der Waals surface area contributed by atoms with Crippen molar-refractivity contribution in [2.24, 2.45) is 5.92 Å². The lowest BCUT2D eigenvalue weighted by Crippen LogP contribution is -2.45. The number of aliphatic hydroxyl groups excluding tert-OH is 1. The summed E-state index contributed by atoms with van der Waals surface area (Å²) in [5.74, 6) is 2.11. The molecule has 2 fully saturated rings. The number of nitrogens with one attached hydrogen (secondary N) is 2. The maximum Gasteiger partial charge on any atom is 0.238 e. The monoisotopic (exact) mass is 280 g/mol. The van der Waals surface area contributed by atoms with Gasteiger partial charge in [-0.1, -0.05) is 12.8 Å². The highest BCUT2D eigenvalue weighted by molar-refractivity contribution is 7.99. The fourth-order valence-corrected chi connectivity index (χ4v) is 3.34. The zero-order valence-electron chi connectivity index (χ0n) is 9.85. The molecule has 3 N–H and O–H groups in total. The van der Waals surface area contributed by atoms with Crippen LogP contribution in [0.2, 0.25) is 0 Å². The van der Waals surface area contributed by atoms with E-state index in [0.717, 1.165) is 24.5 Å². The van der Waals surface area contributed by atoms with Crippen molar-refractivity contribution in [1.82, 2.24) is 10.6 Å². The lowest BCUT2D eigenvalue weighted by atomic mass is 10.0. The van der Waals surface area contributed by atoms with Crippen LogP contribution in [0.3, 0.4) is 0 Å². The van der Waals surface area contributed by atoms with Crippen molar-refractivity contribution in [2.75, 3.05) is 18.2 Å². The molecule has 0 aromatic rings. The summed E-state index contributed by atoms with van der Waals surface area (Å²) in [5.41, 5.74) is 0. The van der Waals surface area contributed by atoms with Crippen molar-refractivity contribution in [3.8, 4) is 0 Å². The van der Waals surface area contributed by atoms with Crippen molar-refractivity contribution in [1.29, 1.82) is 0 Å². The molecular formula is C11H21ClN2O2S. The number of carbonyl (C=O) groups excluding carboxylic acids is 1. The highest BCUT2D eigenvalue weighted by atomic mass is 35.5. The second kappa shape index (κ2) is 7.46. The summed E-state index contributed by atoms with van der Waals surface area (Å²) >= 11 is 1.74. The van der Waals surface area contributed by atoms with E-state index in [1.54, 1.807) is 11.8 Å². The van der Waals surface area contributed by atoms with E-state index in [1.165, 1.54) is 12.8 Å². The van der Waals surface area contributed by atoms with E-state index < -0.39 is 0 Å². The Morgan fingerprint density at radius 2 is 2.18 bits per heavy atom. The smallest absolute Gasteiger partial charge is 0.238 e. The van der Waals surface area contributed by atoms with Crippen molar-refractivity contribution in [3.63, 3.8) is 0 Å². The second-order valence-electron chi connectivity index (χ2n) is 4.63. The molecule has 2 unspecified atom stereocenters. The van der Waals surface area contributed by atoms with Crippen LogP contribution < -0.4 is 10.6 Å². The predicted molar refractivity (Wildman–Crippen MR) is 72.5 cm³/mol. The van der Waals surface area contributed by atoms with Crippen molar-refractivity contribution < 1.29 is 9.90 Å². The third-order valence-electron chi connectivity index (χ3n) is 3.46. The van der Waals surface area contributed by atoms with E-state index in [1.807, 2.05) is 0 Å². The standard InChI is InChI=1S/C11H20N2O2S.ClH/c14-10(8-3-1-2-4-8)5-12-11(15)9-6-16-7-13-9;/h8-10,13-14H,1-7H2,(H,12,15);1H. The van der Waals surface area contributed by atoms with Gasteiger partial charge in [0.05, 0.1) is 12.1 Å². The van der Waals surface area contributed by atoms with Gasteiger partial charge in [0.2, 0.25) is 5.91 Å². The minimum atomic E-state index is -0.361. The summed E-state index contributed by atoms with van der Waals surface area (Å²) < 4.78 is 0. The highest BCUT2D eigenvalue weighted by Gasteiger charge is 2.26. The summed E-state index contributed by atoms with van der Waals surface area (Å²) in [6.45, 7) is 0.409. The molecule has 2 rings (SSSR count). The van der Waals surface area contributed by atoms with Crippen molar-refractivity contribution in [3.05, 3.63) is 0 Å². The van der Waals surface area contributed by atoms with Crippen molar-refractivity contribution in [2.45, 2.75) is 37.8 Å². The van der Waals surface area contributed by atoms with Gasteiger partial charge in [-0.15, -0.1) is 24.2 Å². The van der Waals surface area contributed by atoms with Crippen LogP contribution >= 0.6 is 24.2 Å². The van der Waals surface area contributed by atoms with E-state index in [9.17, 15) is 9.90 Å². The molecule has 0 aromatic carbocycles. The van der Waals surface area contributed by atoms with Gasteiger partial charge in [0, 0.05) is 18.2 Å². The molecule has 2 aliphatic rings. The topological polar surface area (TPSA) is 61.4 Å². The zero-order chi connectivity index (χ0) is 11.4. The number of halogens is 1. The van der Waals surface area contributed by atoms with Crippen LogP contribution in [0.1, 0.15) is 25.7 Å². The molecular weight excluding hydrogens is 260 g/mol. The van der Waals surface area contributed by atoms with Crippen LogP contribution in [0.15, 0.2) is 0 Å². The first-order valence-corrected chi connectivity index (χ1v) is 7.20. The van der Waals surface area contributed by atoms with Gasteiger partial charge in [-0.2, -0.15) is 0 Å². The quantitative estimate of drug-likeness (QED) is 0.711. The first kappa shape index (κ1) is 15.1. The van der Waals surface area contributed by atoms with E-state index in [2.05, 4.69) is 10.6 Å². The van der Waals surface area contributed by atoms with Gasteiger partial charge in [-0.25, -0.2) is 0 Å². The summed E-state index contributed by atoms with van der Waals surface area (Å²) in [6, 6.07) is -0.0687. The number of hydrogen-bond donors (Lipinski definition) is 3. The first-order chi connectivity index (χ1) is 7.77. The average Bonchev–Trinajstić information content (AvgIpc) is 2.95.